The van der Waals surface area contributed by atoms with Crippen molar-refractivity contribution in [1.29, 1.82) is 0 Å². The fourth-order valence-corrected chi connectivity index (χ4v) is 0.734. The number of rotatable bonds is 2. The summed E-state index contributed by atoms with van der Waals surface area (Å²) in [6.07, 6.45) is 0. The van der Waals surface area contributed by atoms with Gasteiger partial charge in [0.1, 0.15) is 2.74 Å². The van der Waals surface area contributed by atoms with Crippen LogP contribution in [-0.2, 0) is 6.50 Å². The van der Waals surface area contributed by atoms with Crippen molar-refractivity contribution in [3.05, 3.63) is 45.5 Å². The second-order valence-electron chi connectivity index (χ2n) is 2.23. The predicted molar refractivity (Wildman–Crippen MR) is 41.9 cm³/mol. The molecule has 0 saturated heterocycles. The van der Waals surface area contributed by atoms with Crippen LogP contribution in [0.5, 0.6) is 0 Å². The summed E-state index contributed by atoms with van der Waals surface area (Å²) >= 11 is 0. The molecule has 3 heteroatoms. The number of aryl methyl sites for hydroxylation is 1. The number of hydrogen-bond acceptors (Lipinski definition) is 2. The van der Waals surface area contributed by atoms with Crippen LogP contribution in [0.25, 0.3) is 0 Å². The molecule has 0 unspecified atom stereocenters. The van der Waals surface area contributed by atoms with Gasteiger partial charge < -0.3 is 0 Å². The summed E-state index contributed by atoms with van der Waals surface area (Å²) in [6.45, 7) is -0.654. The fourth-order valence-electron chi connectivity index (χ4n) is 0.734. The van der Waals surface area contributed by atoms with Gasteiger partial charge in [0.05, 0.1) is 0 Å². The van der Waals surface area contributed by atoms with Crippen molar-refractivity contribution < 1.29 is 7.66 Å². The van der Waals surface area contributed by atoms with Crippen molar-refractivity contribution in [2.45, 2.75) is 13.4 Å². The van der Waals surface area contributed by atoms with E-state index in [1.807, 2.05) is 6.92 Å². The largest absolute Gasteiger partial charge is 0.264 e. The van der Waals surface area contributed by atoms with Crippen LogP contribution in [0.1, 0.15) is 13.9 Å². The van der Waals surface area contributed by atoms with Crippen molar-refractivity contribution in [3.8, 4) is 0 Å². The lowest BCUT2D eigenvalue weighted by Gasteiger charge is -1.94. The Morgan fingerprint density at radius 1 is 1.55 bits per heavy atom. The smallest absolute Gasteiger partial charge is 0.228 e. The van der Waals surface area contributed by atoms with E-state index >= 15 is 0 Å². The van der Waals surface area contributed by atoms with Crippen molar-refractivity contribution in [1.82, 2.24) is 0 Å². The minimum absolute atomic E-state index is 0.0723. The lowest BCUT2D eigenvalue weighted by molar-refractivity contribution is -0.496. The van der Waals surface area contributed by atoms with Crippen LogP contribution >= 0.6 is 0 Å². The van der Waals surface area contributed by atoms with E-state index in [0.29, 0.717) is 0 Å². The molecule has 3 nitrogen and oxygen atoms in total. The summed E-state index contributed by atoms with van der Waals surface area (Å²) in [5.41, 5.74) is 1.02. The number of benzene rings is 1. The van der Waals surface area contributed by atoms with Gasteiger partial charge in [-0.1, -0.05) is 29.8 Å². The van der Waals surface area contributed by atoms with E-state index in [1.54, 1.807) is 12.1 Å². The molecule has 0 fully saturated rings. The molecular weight excluding hydrogens is 142 g/mol. The second kappa shape index (κ2) is 3.14. The Labute approximate surface area is 67.6 Å². The van der Waals surface area contributed by atoms with Crippen LogP contribution in [0.3, 0.4) is 0 Å². The number of nitro groups is 1. The summed E-state index contributed by atoms with van der Waals surface area (Å²) in [5.74, 6) is 0. The molecule has 0 amide bonds. The third kappa shape index (κ3) is 2.37. The van der Waals surface area contributed by atoms with E-state index in [1.165, 1.54) is 12.1 Å². The molecule has 0 radical (unpaired) electrons. The SMILES string of the molecule is [2H]C([2H])(c1ccc(C)cc1)[N+](=O)[O-]. The first-order valence-corrected chi connectivity index (χ1v) is 3.16. The van der Waals surface area contributed by atoms with Gasteiger partial charge in [-0.3, -0.25) is 10.1 Å². The first-order valence-electron chi connectivity index (χ1n) is 4.16. The Bertz CT molecular complexity index is 321. The third-order valence-electron chi connectivity index (χ3n) is 1.27. The average molecular weight is 153 g/mol. The highest BCUT2D eigenvalue weighted by atomic mass is 16.6. The van der Waals surface area contributed by atoms with Crippen LogP contribution in [0.15, 0.2) is 24.3 Å². The Morgan fingerprint density at radius 3 is 2.55 bits per heavy atom. The molecule has 1 rings (SSSR count). The Kier molecular flexibility index (Phi) is 1.51. The molecule has 0 N–H and O–H groups in total. The third-order valence-corrected chi connectivity index (χ3v) is 1.27. The highest BCUT2D eigenvalue weighted by Crippen LogP contribution is 2.03. The lowest BCUT2D eigenvalue weighted by atomic mass is 10.2. The maximum atomic E-state index is 10.3. The molecule has 0 aliphatic carbocycles. The highest BCUT2D eigenvalue weighted by Gasteiger charge is 1.98. The number of hydrogen-bond donors (Lipinski definition) is 0. The quantitative estimate of drug-likeness (QED) is 0.480. The maximum Gasteiger partial charge on any atom is 0.228 e. The Morgan fingerprint density at radius 2 is 2.09 bits per heavy atom. The van der Waals surface area contributed by atoms with Gasteiger partial charge in [0.25, 0.3) is 0 Å². The van der Waals surface area contributed by atoms with E-state index in [-0.39, 0.29) is 5.56 Å². The average Bonchev–Trinajstić information content (AvgIpc) is 2.04. The zero-order chi connectivity index (χ0) is 10.1. The van der Waals surface area contributed by atoms with E-state index in [4.69, 9.17) is 2.74 Å². The molecule has 1 aromatic carbocycles. The summed E-state index contributed by atoms with van der Waals surface area (Å²) in [4.78, 5) is 9.40. The summed E-state index contributed by atoms with van der Waals surface area (Å²) in [7, 11) is 0. The summed E-state index contributed by atoms with van der Waals surface area (Å²) < 4.78 is 14.3. The molecule has 0 atom stereocenters. The van der Waals surface area contributed by atoms with Gasteiger partial charge in [-0.05, 0) is 6.92 Å². The predicted octanol–water partition coefficient (Wildman–Crippen LogP) is 1.77. The molecule has 1 aromatic rings. The maximum absolute atomic E-state index is 10.3. The highest BCUT2D eigenvalue weighted by molar-refractivity contribution is 5.20. The normalized spacial score (nSPS) is 13.5. The fraction of sp³-hybridized carbons (Fsp3) is 0.250. The van der Waals surface area contributed by atoms with E-state index < -0.39 is 11.4 Å². The van der Waals surface area contributed by atoms with Gasteiger partial charge in [0, 0.05) is 10.5 Å². The van der Waals surface area contributed by atoms with Crippen molar-refractivity contribution in [3.63, 3.8) is 0 Å². The topological polar surface area (TPSA) is 43.1 Å². The minimum Gasteiger partial charge on any atom is -0.264 e. The Balaban J connectivity index is 3.08. The van der Waals surface area contributed by atoms with Gasteiger partial charge >= 0.3 is 0 Å². The van der Waals surface area contributed by atoms with E-state index in [9.17, 15) is 10.1 Å². The van der Waals surface area contributed by atoms with Crippen LogP contribution in [0.2, 0.25) is 0 Å². The number of nitrogens with zero attached hydrogens (tertiary/aromatic N) is 1. The monoisotopic (exact) mass is 153 g/mol. The molecule has 0 aromatic heterocycles. The second-order valence-corrected chi connectivity index (χ2v) is 2.23. The summed E-state index contributed by atoms with van der Waals surface area (Å²) in [5, 5.41) is 10.3. The standard InChI is InChI=1S/C8H9NO2/c1-7-2-4-8(5-3-7)6-9(10)11/h2-5H,6H2,1H3/i6D2. The van der Waals surface area contributed by atoms with Crippen molar-refractivity contribution >= 4 is 0 Å². The molecule has 0 aliphatic heterocycles. The molecule has 0 spiro atoms. The molecule has 0 bridgehead atoms. The van der Waals surface area contributed by atoms with Crippen LogP contribution in [0, 0.1) is 17.0 Å². The van der Waals surface area contributed by atoms with E-state index in [0.717, 1.165) is 5.56 Å². The van der Waals surface area contributed by atoms with E-state index in [2.05, 4.69) is 0 Å². The van der Waals surface area contributed by atoms with Crippen LogP contribution < -0.4 is 0 Å². The molecule has 0 aliphatic rings. The van der Waals surface area contributed by atoms with Crippen LogP contribution in [0.4, 0.5) is 0 Å². The first-order chi connectivity index (χ1) is 5.94. The van der Waals surface area contributed by atoms with Gasteiger partial charge in [0.15, 0.2) is 0 Å². The first kappa shape index (κ1) is 5.29. The molecule has 0 heterocycles. The molecule has 11 heavy (non-hydrogen) atoms. The molecule has 0 saturated carbocycles. The summed E-state index contributed by atoms with van der Waals surface area (Å²) in [6, 6.07) is 6.16. The van der Waals surface area contributed by atoms with Gasteiger partial charge in [-0.15, -0.1) is 0 Å². The van der Waals surface area contributed by atoms with Gasteiger partial charge in [-0.25, -0.2) is 0 Å². The zero-order valence-electron chi connectivity index (χ0n) is 8.07. The molecular formula is C8H9NO2. The lowest BCUT2D eigenvalue weighted by Crippen LogP contribution is -1.97. The minimum atomic E-state index is -2.49. The van der Waals surface area contributed by atoms with Crippen LogP contribution in [-0.4, -0.2) is 4.92 Å². The zero-order valence-corrected chi connectivity index (χ0v) is 6.07. The van der Waals surface area contributed by atoms with Gasteiger partial charge in [-0.2, -0.15) is 0 Å². The van der Waals surface area contributed by atoms with Crippen molar-refractivity contribution in [2.24, 2.45) is 0 Å². The Hall–Kier alpha value is -1.38. The molecule has 58 valence electrons. The van der Waals surface area contributed by atoms with Crippen molar-refractivity contribution in [2.75, 3.05) is 0 Å². The van der Waals surface area contributed by atoms with Gasteiger partial charge in [0.2, 0.25) is 6.50 Å².